The first-order valence-corrected chi connectivity index (χ1v) is 7.43. The maximum absolute atomic E-state index is 12.1. The van der Waals surface area contributed by atoms with Crippen LogP contribution >= 0.6 is 11.8 Å². The number of hydrogen-bond donors (Lipinski definition) is 2. The molecule has 20 heavy (non-hydrogen) atoms. The Bertz CT molecular complexity index is 588. The maximum atomic E-state index is 12.1. The van der Waals surface area contributed by atoms with Gasteiger partial charge in [-0.3, -0.25) is 9.89 Å². The van der Waals surface area contributed by atoms with Gasteiger partial charge in [0.05, 0.1) is 17.3 Å². The lowest BCUT2D eigenvalue weighted by Crippen LogP contribution is -2.27. The monoisotopic (exact) mass is 291 g/mol. The van der Waals surface area contributed by atoms with E-state index in [0.717, 1.165) is 17.0 Å². The number of aromatic nitrogens is 4. The molecule has 0 aliphatic carbocycles. The summed E-state index contributed by atoms with van der Waals surface area (Å²) in [6.07, 6.45) is 4.97. The summed E-state index contributed by atoms with van der Waals surface area (Å²) in [4.78, 5) is 20.3. The molecule has 0 aromatic carbocycles. The lowest BCUT2D eigenvalue weighted by atomic mass is 10.1. The van der Waals surface area contributed by atoms with E-state index in [9.17, 15) is 4.79 Å². The largest absolute Gasteiger partial charge is 0.345 e. The number of amides is 1. The van der Waals surface area contributed by atoms with Crippen molar-refractivity contribution in [2.24, 2.45) is 0 Å². The molecule has 0 fully saturated rings. The van der Waals surface area contributed by atoms with Gasteiger partial charge in [-0.15, -0.1) is 0 Å². The third-order valence-corrected chi connectivity index (χ3v) is 3.61. The number of thioether (sulfide) groups is 1. The number of nitrogens with zero attached hydrogens (tertiary/aromatic N) is 3. The number of carbonyl (C=O) groups excluding carboxylic acids is 1. The van der Waals surface area contributed by atoms with Gasteiger partial charge >= 0.3 is 0 Å². The minimum absolute atomic E-state index is 0.124. The molecule has 0 unspecified atom stereocenters. The first-order valence-electron chi connectivity index (χ1n) is 6.21. The predicted molar refractivity (Wildman–Crippen MR) is 77.8 cm³/mol. The zero-order valence-electron chi connectivity index (χ0n) is 11.9. The summed E-state index contributed by atoms with van der Waals surface area (Å²) in [5, 5.41) is 10.6. The van der Waals surface area contributed by atoms with E-state index in [1.165, 1.54) is 24.2 Å². The van der Waals surface area contributed by atoms with E-state index in [2.05, 4.69) is 25.5 Å². The fourth-order valence-corrected chi connectivity index (χ4v) is 2.40. The molecule has 106 valence electrons. The Morgan fingerprint density at radius 3 is 2.50 bits per heavy atom. The van der Waals surface area contributed by atoms with Crippen molar-refractivity contribution in [3.63, 3.8) is 0 Å². The van der Waals surface area contributed by atoms with Crippen molar-refractivity contribution in [2.45, 2.75) is 32.0 Å². The van der Waals surface area contributed by atoms with Gasteiger partial charge in [0.1, 0.15) is 0 Å². The van der Waals surface area contributed by atoms with E-state index in [-0.39, 0.29) is 11.9 Å². The summed E-state index contributed by atoms with van der Waals surface area (Å²) in [5.41, 5.74) is 3.32. The minimum Gasteiger partial charge on any atom is -0.345 e. The first kappa shape index (κ1) is 14.5. The van der Waals surface area contributed by atoms with Gasteiger partial charge in [0, 0.05) is 23.7 Å². The van der Waals surface area contributed by atoms with E-state index in [4.69, 9.17) is 0 Å². The molecular weight excluding hydrogens is 274 g/mol. The van der Waals surface area contributed by atoms with Crippen LogP contribution in [0.5, 0.6) is 0 Å². The summed E-state index contributed by atoms with van der Waals surface area (Å²) in [5.74, 6) is -0.190. The number of hydrogen-bond acceptors (Lipinski definition) is 5. The second-order valence-electron chi connectivity index (χ2n) is 4.50. The smallest absolute Gasteiger partial charge is 0.254 e. The number of carbonyl (C=O) groups is 1. The van der Waals surface area contributed by atoms with Crippen molar-refractivity contribution in [3.05, 3.63) is 34.9 Å². The van der Waals surface area contributed by atoms with Crippen LogP contribution in [0.15, 0.2) is 17.6 Å². The first-order chi connectivity index (χ1) is 9.52. The molecule has 0 bridgehead atoms. The molecule has 0 saturated heterocycles. The van der Waals surface area contributed by atoms with E-state index < -0.39 is 0 Å². The van der Waals surface area contributed by atoms with Gasteiger partial charge in [-0.1, -0.05) is 11.8 Å². The molecule has 6 nitrogen and oxygen atoms in total. The lowest BCUT2D eigenvalue weighted by Gasteiger charge is -2.14. The Labute approximate surface area is 121 Å². The molecule has 2 rings (SSSR count). The Balaban J connectivity index is 2.11. The molecular formula is C13H17N5OS. The van der Waals surface area contributed by atoms with Crippen LogP contribution in [0.2, 0.25) is 0 Å². The van der Waals surface area contributed by atoms with Gasteiger partial charge < -0.3 is 5.32 Å². The highest BCUT2D eigenvalue weighted by Gasteiger charge is 2.17. The summed E-state index contributed by atoms with van der Waals surface area (Å²) in [7, 11) is 0. The number of H-pyrrole nitrogens is 1. The highest BCUT2D eigenvalue weighted by molar-refractivity contribution is 7.98. The number of aromatic amines is 1. The van der Waals surface area contributed by atoms with Gasteiger partial charge in [-0.2, -0.15) is 5.10 Å². The maximum Gasteiger partial charge on any atom is 0.254 e. The van der Waals surface area contributed by atoms with Crippen LogP contribution in [0.3, 0.4) is 0 Å². The van der Waals surface area contributed by atoms with Crippen molar-refractivity contribution in [1.82, 2.24) is 25.5 Å². The van der Waals surface area contributed by atoms with Crippen molar-refractivity contribution in [3.8, 4) is 0 Å². The fourth-order valence-electron chi connectivity index (χ4n) is 2.09. The summed E-state index contributed by atoms with van der Waals surface area (Å²) in [6, 6.07) is -0.124. The Hall–Kier alpha value is -1.89. The number of aryl methyl sites for hydroxylation is 2. The van der Waals surface area contributed by atoms with Crippen LogP contribution in [-0.2, 0) is 0 Å². The SMILES string of the molecule is CSc1ncc(C(=O)N[C@H](C)c2c(C)n[nH]c2C)cn1. The molecule has 2 aromatic heterocycles. The third kappa shape index (κ3) is 2.98. The quantitative estimate of drug-likeness (QED) is 0.665. The molecule has 0 spiro atoms. The summed E-state index contributed by atoms with van der Waals surface area (Å²) < 4.78 is 0. The van der Waals surface area contributed by atoms with Gasteiger partial charge in [0.2, 0.25) is 0 Å². The van der Waals surface area contributed by atoms with Gasteiger partial charge in [0.25, 0.3) is 5.91 Å². The average Bonchev–Trinajstić information content (AvgIpc) is 2.78. The van der Waals surface area contributed by atoms with Crippen molar-refractivity contribution in [1.29, 1.82) is 0 Å². The van der Waals surface area contributed by atoms with Crippen molar-refractivity contribution < 1.29 is 4.79 Å². The molecule has 2 heterocycles. The second-order valence-corrected chi connectivity index (χ2v) is 5.27. The third-order valence-electron chi connectivity index (χ3n) is 3.04. The van der Waals surface area contributed by atoms with Crippen LogP contribution in [-0.4, -0.2) is 32.3 Å². The summed E-state index contributed by atoms with van der Waals surface area (Å²) in [6.45, 7) is 5.78. The highest BCUT2D eigenvalue weighted by atomic mass is 32.2. The Morgan fingerprint density at radius 2 is 2.00 bits per heavy atom. The normalized spacial score (nSPS) is 12.2. The van der Waals surface area contributed by atoms with E-state index in [0.29, 0.717) is 10.7 Å². The van der Waals surface area contributed by atoms with E-state index in [1.807, 2.05) is 27.0 Å². The lowest BCUT2D eigenvalue weighted by molar-refractivity contribution is 0.0939. The zero-order chi connectivity index (χ0) is 14.7. The molecule has 0 aliphatic heterocycles. The number of rotatable bonds is 4. The van der Waals surface area contributed by atoms with Crippen LogP contribution in [0, 0.1) is 13.8 Å². The van der Waals surface area contributed by atoms with E-state index >= 15 is 0 Å². The molecule has 0 aliphatic rings. The van der Waals surface area contributed by atoms with Gasteiger partial charge in [-0.25, -0.2) is 9.97 Å². The molecule has 0 radical (unpaired) electrons. The van der Waals surface area contributed by atoms with Crippen LogP contribution in [0.1, 0.15) is 40.3 Å². The van der Waals surface area contributed by atoms with Crippen molar-refractivity contribution >= 4 is 17.7 Å². The molecule has 2 aromatic rings. The van der Waals surface area contributed by atoms with Gasteiger partial charge in [0.15, 0.2) is 5.16 Å². The second kappa shape index (κ2) is 6.04. The molecule has 7 heteroatoms. The minimum atomic E-state index is -0.190. The highest BCUT2D eigenvalue weighted by Crippen LogP contribution is 2.19. The van der Waals surface area contributed by atoms with Crippen LogP contribution in [0.4, 0.5) is 0 Å². The van der Waals surface area contributed by atoms with Crippen molar-refractivity contribution in [2.75, 3.05) is 6.26 Å². The number of nitrogens with one attached hydrogen (secondary N) is 2. The van der Waals surface area contributed by atoms with Gasteiger partial charge in [-0.05, 0) is 27.0 Å². The van der Waals surface area contributed by atoms with Crippen LogP contribution < -0.4 is 5.32 Å². The molecule has 1 atom stereocenters. The average molecular weight is 291 g/mol. The fraction of sp³-hybridized carbons (Fsp3) is 0.385. The molecule has 1 amide bonds. The predicted octanol–water partition coefficient (Wildman–Crippen LogP) is 2.03. The Kier molecular flexibility index (Phi) is 4.39. The van der Waals surface area contributed by atoms with E-state index in [1.54, 1.807) is 0 Å². The molecule has 0 saturated carbocycles. The summed E-state index contributed by atoms with van der Waals surface area (Å²) >= 11 is 1.44. The van der Waals surface area contributed by atoms with Crippen LogP contribution in [0.25, 0.3) is 0 Å². The topological polar surface area (TPSA) is 83.6 Å². The standard InChI is InChI=1S/C13H17N5OS/c1-7(11-8(2)17-18-9(11)3)16-12(19)10-5-14-13(20-4)15-6-10/h5-7H,1-4H3,(H,16,19)(H,17,18)/t7-/m1/s1. The molecule has 2 N–H and O–H groups in total. The zero-order valence-corrected chi connectivity index (χ0v) is 12.7. The Morgan fingerprint density at radius 1 is 1.35 bits per heavy atom.